The Bertz CT molecular complexity index is 946. The summed E-state index contributed by atoms with van der Waals surface area (Å²) >= 11 is 0. The Labute approximate surface area is 151 Å². The lowest BCUT2D eigenvalue weighted by atomic mass is 9.86. The van der Waals surface area contributed by atoms with Gasteiger partial charge in [0.15, 0.2) is 0 Å². The zero-order chi connectivity index (χ0) is 16.7. The predicted octanol–water partition coefficient (Wildman–Crippen LogP) is 3.94. The lowest BCUT2D eigenvalue weighted by molar-refractivity contribution is -0.142. The first-order chi connectivity index (χ1) is 11.7. The van der Waals surface area contributed by atoms with Crippen molar-refractivity contribution >= 4 is 35.2 Å². The van der Waals surface area contributed by atoms with Crippen LogP contribution in [0.2, 0.25) is 0 Å². The summed E-state index contributed by atoms with van der Waals surface area (Å²) in [7, 11) is 0. The van der Waals surface area contributed by atoms with Gasteiger partial charge in [-0.05, 0) is 43.0 Å². The van der Waals surface area contributed by atoms with E-state index < -0.39 is 5.97 Å². The maximum atomic E-state index is 13.1. The number of halogens is 1. The van der Waals surface area contributed by atoms with Gasteiger partial charge in [0.25, 0.3) is 5.91 Å². The fourth-order valence-electron chi connectivity index (χ4n) is 3.66. The second kappa shape index (κ2) is 6.73. The van der Waals surface area contributed by atoms with Gasteiger partial charge >= 0.3 is 5.97 Å². The molecule has 0 spiro atoms. The summed E-state index contributed by atoms with van der Waals surface area (Å²) in [6.45, 7) is 0. The van der Waals surface area contributed by atoms with Gasteiger partial charge in [0.05, 0.1) is 11.4 Å². The average molecular weight is 356 g/mol. The SMILES string of the molecule is Cl.O=C(O)C1CCc2c(c3ccccc3n2C(=O)c2ccccc2)C1. The van der Waals surface area contributed by atoms with E-state index >= 15 is 0 Å². The van der Waals surface area contributed by atoms with E-state index in [-0.39, 0.29) is 24.2 Å². The van der Waals surface area contributed by atoms with Gasteiger partial charge in [0.2, 0.25) is 0 Å². The maximum Gasteiger partial charge on any atom is 0.306 e. The zero-order valence-corrected chi connectivity index (χ0v) is 14.3. The van der Waals surface area contributed by atoms with Crippen LogP contribution in [0.15, 0.2) is 54.6 Å². The van der Waals surface area contributed by atoms with E-state index in [0.29, 0.717) is 24.8 Å². The van der Waals surface area contributed by atoms with Gasteiger partial charge in [0, 0.05) is 16.6 Å². The van der Waals surface area contributed by atoms with E-state index in [1.165, 1.54) is 0 Å². The van der Waals surface area contributed by atoms with Crippen molar-refractivity contribution in [2.45, 2.75) is 19.3 Å². The molecule has 1 aromatic heterocycles. The lowest BCUT2D eigenvalue weighted by Crippen LogP contribution is -2.24. The number of benzene rings is 2. The Kier molecular flexibility index (Phi) is 4.64. The van der Waals surface area contributed by atoms with Gasteiger partial charge in [-0.25, -0.2) is 0 Å². The second-order valence-corrected chi connectivity index (χ2v) is 6.23. The van der Waals surface area contributed by atoms with E-state index in [2.05, 4.69) is 0 Å². The second-order valence-electron chi connectivity index (χ2n) is 6.23. The summed E-state index contributed by atoms with van der Waals surface area (Å²) in [5.74, 6) is -1.18. The normalized spacial score (nSPS) is 16.1. The minimum Gasteiger partial charge on any atom is -0.481 e. The van der Waals surface area contributed by atoms with Crippen molar-refractivity contribution in [1.82, 2.24) is 4.57 Å². The number of aromatic nitrogens is 1. The number of para-hydroxylation sites is 1. The lowest BCUT2D eigenvalue weighted by Gasteiger charge is -2.20. The number of carbonyl (C=O) groups excluding carboxylic acids is 1. The highest BCUT2D eigenvalue weighted by atomic mass is 35.5. The smallest absolute Gasteiger partial charge is 0.306 e. The molecule has 0 amide bonds. The maximum absolute atomic E-state index is 13.1. The molecule has 1 atom stereocenters. The molecular weight excluding hydrogens is 338 g/mol. The van der Waals surface area contributed by atoms with Crippen molar-refractivity contribution < 1.29 is 14.7 Å². The molecule has 0 bridgehead atoms. The molecule has 3 aromatic rings. The highest BCUT2D eigenvalue weighted by molar-refractivity contribution is 6.04. The molecule has 25 heavy (non-hydrogen) atoms. The fraction of sp³-hybridized carbons (Fsp3) is 0.200. The summed E-state index contributed by atoms with van der Waals surface area (Å²) in [4.78, 5) is 24.4. The molecule has 1 aliphatic carbocycles. The number of fused-ring (bicyclic) bond motifs is 3. The zero-order valence-electron chi connectivity index (χ0n) is 13.5. The largest absolute Gasteiger partial charge is 0.481 e. The van der Waals surface area contributed by atoms with Crippen LogP contribution in [0.5, 0.6) is 0 Å². The Morgan fingerprint density at radius 3 is 2.40 bits per heavy atom. The monoisotopic (exact) mass is 355 g/mol. The van der Waals surface area contributed by atoms with Crippen molar-refractivity contribution in [3.8, 4) is 0 Å². The van der Waals surface area contributed by atoms with Crippen LogP contribution in [-0.2, 0) is 17.6 Å². The summed E-state index contributed by atoms with van der Waals surface area (Å²) in [5.41, 5.74) is 3.47. The molecule has 128 valence electrons. The van der Waals surface area contributed by atoms with Gasteiger partial charge in [0.1, 0.15) is 0 Å². The van der Waals surface area contributed by atoms with Crippen LogP contribution in [0.4, 0.5) is 0 Å². The third-order valence-corrected chi connectivity index (χ3v) is 4.84. The Balaban J connectivity index is 0.00000182. The number of hydrogen-bond donors (Lipinski definition) is 1. The van der Waals surface area contributed by atoms with Crippen LogP contribution < -0.4 is 0 Å². The first-order valence-corrected chi connectivity index (χ1v) is 8.10. The molecule has 4 rings (SSSR count). The number of hydrogen-bond acceptors (Lipinski definition) is 2. The Morgan fingerprint density at radius 2 is 1.68 bits per heavy atom. The summed E-state index contributed by atoms with van der Waals surface area (Å²) in [6, 6.07) is 17.0. The van der Waals surface area contributed by atoms with E-state index in [0.717, 1.165) is 22.2 Å². The quantitative estimate of drug-likeness (QED) is 0.757. The molecule has 0 fully saturated rings. The summed E-state index contributed by atoms with van der Waals surface area (Å²) in [6.07, 6.45) is 1.67. The van der Waals surface area contributed by atoms with Crippen LogP contribution >= 0.6 is 12.4 Å². The van der Waals surface area contributed by atoms with Gasteiger partial charge in [-0.2, -0.15) is 0 Å². The number of carbonyl (C=O) groups is 2. The third-order valence-electron chi connectivity index (χ3n) is 4.84. The molecule has 4 nitrogen and oxygen atoms in total. The number of rotatable bonds is 2. The topological polar surface area (TPSA) is 59.3 Å². The van der Waals surface area contributed by atoms with Gasteiger partial charge in [-0.3, -0.25) is 14.2 Å². The van der Waals surface area contributed by atoms with E-state index in [9.17, 15) is 14.7 Å². The van der Waals surface area contributed by atoms with E-state index in [4.69, 9.17) is 0 Å². The van der Waals surface area contributed by atoms with Gasteiger partial charge in [-0.1, -0.05) is 36.4 Å². The minimum atomic E-state index is -0.758. The molecule has 0 saturated carbocycles. The molecule has 0 saturated heterocycles. The Hall–Kier alpha value is -2.59. The first-order valence-electron chi connectivity index (χ1n) is 8.10. The number of carboxylic acid groups (broad SMARTS) is 1. The standard InChI is InChI=1S/C20H17NO3.ClH/c22-19(13-6-2-1-3-7-13)21-17-9-5-4-8-15(17)16-12-14(20(23)24)10-11-18(16)21;/h1-9,14H,10-12H2,(H,23,24);1H. The molecule has 0 radical (unpaired) electrons. The third kappa shape index (κ3) is 2.83. The van der Waals surface area contributed by atoms with Crippen LogP contribution in [0.3, 0.4) is 0 Å². The van der Waals surface area contributed by atoms with Crippen molar-refractivity contribution in [1.29, 1.82) is 0 Å². The van der Waals surface area contributed by atoms with Crippen LogP contribution in [0.1, 0.15) is 28.0 Å². The van der Waals surface area contributed by atoms with Crippen LogP contribution in [0.25, 0.3) is 10.9 Å². The minimum absolute atomic E-state index is 0. The summed E-state index contributed by atoms with van der Waals surface area (Å²) < 4.78 is 1.78. The number of nitrogens with zero attached hydrogens (tertiary/aromatic N) is 1. The van der Waals surface area contributed by atoms with E-state index in [1.54, 1.807) is 4.57 Å². The van der Waals surface area contributed by atoms with Crippen molar-refractivity contribution in [3.05, 3.63) is 71.4 Å². The highest BCUT2D eigenvalue weighted by Crippen LogP contribution is 2.35. The molecule has 0 aliphatic heterocycles. The number of carboxylic acids is 1. The molecule has 2 aromatic carbocycles. The summed E-state index contributed by atoms with van der Waals surface area (Å²) in [5, 5.41) is 10.3. The first kappa shape index (κ1) is 17.2. The van der Waals surface area contributed by atoms with Gasteiger partial charge < -0.3 is 5.11 Å². The fourth-order valence-corrected chi connectivity index (χ4v) is 3.66. The van der Waals surface area contributed by atoms with Crippen molar-refractivity contribution in [3.63, 3.8) is 0 Å². The van der Waals surface area contributed by atoms with Crippen LogP contribution in [-0.4, -0.2) is 21.6 Å². The molecule has 1 N–H and O–H groups in total. The molecule has 5 heteroatoms. The molecule has 1 aliphatic rings. The Morgan fingerprint density at radius 1 is 1.00 bits per heavy atom. The van der Waals surface area contributed by atoms with Crippen molar-refractivity contribution in [2.75, 3.05) is 0 Å². The van der Waals surface area contributed by atoms with Gasteiger partial charge in [-0.15, -0.1) is 12.4 Å². The highest BCUT2D eigenvalue weighted by Gasteiger charge is 2.30. The molecule has 1 unspecified atom stereocenters. The van der Waals surface area contributed by atoms with Crippen LogP contribution in [0, 0.1) is 5.92 Å². The predicted molar refractivity (Wildman–Crippen MR) is 98.5 cm³/mol. The molecular formula is C20H18ClNO3. The average Bonchev–Trinajstić information content (AvgIpc) is 2.95. The van der Waals surface area contributed by atoms with E-state index in [1.807, 2.05) is 54.6 Å². The molecule has 1 heterocycles. The van der Waals surface area contributed by atoms with Crippen molar-refractivity contribution in [2.24, 2.45) is 5.92 Å². The number of aliphatic carboxylic acids is 1.